The fourth-order valence-electron chi connectivity index (χ4n) is 3.16. The Balaban J connectivity index is 1.80. The summed E-state index contributed by atoms with van der Waals surface area (Å²) in [7, 11) is 1.62. The molecule has 0 aliphatic heterocycles. The summed E-state index contributed by atoms with van der Waals surface area (Å²) in [5.41, 5.74) is 0. The molecule has 0 saturated heterocycles. The number of aliphatic carboxylic acids is 1. The van der Waals surface area contributed by atoms with E-state index in [0.717, 1.165) is 6.42 Å². The number of carboxylic acid groups (broad SMARTS) is 1. The van der Waals surface area contributed by atoms with Gasteiger partial charge in [0.25, 0.3) is 0 Å². The maximum absolute atomic E-state index is 12.1. The highest BCUT2D eigenvalue weighted by Crippen LogP contribution is 2.32. The third kappa shape index (κ3) is 3.12. The number of carboxylic acids is 1. The summed E-state index contributed by atoms with van der Waals surface area (Å²) in [6.45, 7) is 2.57. The minimum atomic E-state index is -0.796. The van der Waals surface area contributed by atoms with Gasteiger partial charge in [-0.25, -0.2) is 0 Å². The molecule has 2 aliphatic carbocycles. The molecule has 3 unspecified atom stereocenters. The van der Waals surface area contributed by atoms with Gasteiger partial charge in [0, 0.05) is 19.6 Å². The van der Waals surface area contributed by atoms with E-state index in [1.165, 1.54) is 0 Å². The summed E-state index contributed by atoms with van der Waals surface area (Å²) < 4.78 is 10.9. The molecule has 1 amide bonds. The number of carbonyl (C=O) groups excluding carboxylic acids is 1. The van der Waals surface area contributed by atoms with Gasteiger partial charge in [0.1, 0.15) is 6.10 Å². The summed E-state index contributed by atoms with van der Waals surface area (Å²) in [6.07, 6.45) is 2.39. The number of hydrogen-bond donors (Lipinski definition) is 2. The molecule has 0 bridgehead atoms. The second-order valence-electron chi connectivity index (χ2n) is 5.59. The molecule has 5 atom stereocenters. The highest BCUT2D eigenvalue weighted by atomic mass is 16.5. The van der Waals surface area contributed by atoms with Crippen LogP contribution in [0.3, 0.4) is 0 Å². The van der Waals surface area contributed by atoms with Gasteiger partial charge < -0.3 is 19.9 Å². The zero-order valence-electron chi connectivity index (χ0n) is 12.0. The minimum Gasteiger partial charge on any atom is -0.481 e. The molecule has 6 heteroatoms. The Bertz CT molecular complexity index is 373. The van der Waals surface area contributed by atoms with Crippen LogP contribution >= 0.6 is 0 Å². The zero-order chi connectivity index (χ0) is 14.7. The molecule has 20 heavy (non-hydrogen) atoms. The highest BCUT2D eigenvalue weighted by Gasteiger charge is 2.44. The molecule has 2 rings (SSSR count). The van der Waals surface area contributed by atoms with Crippen LogP contribution in [-0.2, 0) is 19.1 Å². The van der Waals surface area contributed by atoms with Gasteiger partial charge in [-0.2, -0.15) is 0 Å². The van der Waals surface area contributed by atoms with Crippen molar-refractivity contribution in [2.75, 3.05) is 13.7 Å². The lowest BCUT2D eigenvalue weighted by Crippen LogP contribution is -2.61. The fraction of sp³-hybridized carbons (Fsp3) is 0.857. The molecule has 0 heterocycles. The Morgan fingerprint density at radius 1 is 1.25 bits per heavy atom. The maximum atomic E-state index is 12.1. The van der Waals surface area contributed by atoms with Crippen molar-refractivity contribution in [1.82, 2.24) is 5.32 Å². The topological polar surface area (TPSA) is 84.9 Å². The standard InChI is InChI=1S/C14H23NO5/c1-3-20-11-7-10(12(11)19-2)15-13(16)8-4-5-9(6-8)14(17)18/h8-12H,3-7H2,1-2H3,(H,15,16)(H,17,18)/t8-,9+,10?,11?,12?/m1/s1. The van der Waals surface area contributed by atoms with E-state index in [4.69, 9.17) is 14.6 Å². The van der Waals surface area contributed by atoms with Gasteiger partial charge in [-0.3, -0.25) is 9.59 Å². The van der Waals surface area contributed by atoms with Crippen LogP contribution in [0, 0.1) is 11.8 Å². The van der Waals surface area contributed by atoms with E-state index in [9.17, 15) is 9.59 Å². The summed E-state index contributed by atoms with van der Waals surface area (Å²) >= 11 is 0. The number of carbonyl (C=O) groups is 2. The normalized spacial score (nSPS) is 36.4. The Kier molecular flexibility index (Phi) is 4.99. The van der Waals surface area contributed by atoms with Crippen molar-refractivity contribution in [3.8, 4) is 0 Å². The third-order valence-corrected chi connectivity index (χ3v) is 4.38. The second kappa shape index (κ2) is 6.54. The number of rotatable bonds is 6. The minimum absolute atomic E-state index is 0.0204. The van der Waals surface area contributed by atoms with Crippen molar-refractivity contribution in [2.24, 2.45) is 11.8 Å². The average Bonchev–Trinajstić information content (AvgIpc) is 2.87. The number of amides is 1. The van der Waals surface area contributed by atoms with Crippen molar-refractivity contribution in [3.63, 3.8) is 0 Å². The average molecular weight is 285 g/mol. The smallest absolute Gasteiger partial charge is 0.306 e. The second-order valence-corrected chi connectivity index (χ2v) is 5.59. The van der Waals surface area contributed by atoms with Crippen LogP contribution in [0.5, 0.6) is 0 Å². The Hall–Kier alpha value is -1.14. The fourth-order valence-corrected chi connectivity index (χ4v) is 3.16. The monoisotopic (exact) mass is 285 g/mol. The van der Waals surface area contributed by atoms with Gasteiger partial charge in [0.05, 0.1) is 18.1 Å². The zero-order valence-corrected chi connectivity index (χ0v) is 12.0. The van der Waals surface area contributed by atoms with Crippen molar-refractivity contribution < 1.29 is 24.2 Å². The Morgan fingerprint density at radius 2 is 1.95 bits per heavy atom. The summed E-state index contributed by atoms with van der Waals surface area (Å²) in [5, 5.41) is 11.9. The van der Waals surface area contributed by atoms with E-state index < -0.39 is 5.97 Å². The molecule has 2 fully saturated rings. The van der Waals surface area contributed by atoms with Crippen molar-refractivity contribution in [1.29, 1.82) is 0 Å². The van der Waals surface area contributed by atoms with E-state index in [1.54, 1.807) is 7.11 Å². The summed E-state index contributed by atoms with van der Waals surface area (Å²) in [4.78, 5) is 23.0. The third-order valence-electron chi connectivity index (χ3n) is 4.38. The molecule has 2 N–H and O–H groups in total. The van der Waals surface area contributed by atoms with Crippen LogP contribution in [-0.4, -0.2) is 48.9 Å². The van der Waals surface area contributed by atoms with Gasteiger partial charge in [-0.15, -0.1) is 0 Å². The predicted molar refractivity (Wildman–Crippen MR) is 71.2 cm³/mol. The Morgan fingerprint density at radius 3 is 2.50 bits per heavy atom. The van der Waals surface area contributed by atoms with Crippen LogP contribution in [0.4, 0.5) is 0 Å². The number of ether oxygens (including phenoxy) is 2. The molecular formula is C14H23NO5. The lowest BCUT2D eigenvalue weighted by atomic mass is 9.84. The van der Waals surface area contributed by atoms with E-state index in [2.05, 4.69) is 5.32 Å². The van der Waals surface area contributed by atoms with Crippen LogP contribution in [0.25, 0.3) is 0 Å². The largest absolute Gasteiger partial charge is 0.481 e. The van der Waals surface area contributed by atoms with Crippen molar-refractivity contribution in [3.05, 3.63) is 0 Å². The Labute approximate surface area is 118 Å². The van der Waals surface area contributed by atoms with Gasteiger partial charge in [0.15, 0.2) is 0 Å². The van der Waals surface area contributed by atoms with Crippen LogP contribution in [0.2, 0.25) is 0 Å². The summed E-state index contributed by atoms with van der Waals surface area (Å²) in [6, 6.07) is -0.0204. The van der Waals surface area contributed by atoms with Gasteiger partial charge in [-0.05, 0) is 32.6 Å². The molecular weight excluding hydrogens is 262 g/mol. The molecule has 0 aromatic carbocycles. The molecule has 2 saturated carbocycles. The van der Waals surface area contributed by atoms with Crippen LogP contribution in [0.1, 0.15) is 32.6 Å². The highest BCUT2D eigenvalue weighted by molar-refractivity contribution is 5.81. The first kappa shape index (κ1) is 15.3. The molecule has 6 nitrogen and oxygen atoms in total. The maximum Gasteiger partial charge on any atom is 0.306 e. The van der Waals surface area contributed by atoms with E-state index >= 15 is 0 Å². The van der Waals surface area contributed by atoms with Crippen molar-refractivity contribution in [2.45, 2.75) is 50.9 Å². The molecule has 114 valence electrons. The SMILES string of the molecule is CCOC1CC(NC(=O)[C@@H]2CC[C@H](C(=O)O)C2)C1OC. The van der Waals surface area contributed by atoms with E-state index in [-0.39, 0.29) is 36.0 Å². The quantitative estimate of drug-likeness (QED) is 0.754. The number of hydrogen-bond acceptors (Lipinski definition) is 4. The molecule has 0 aromatic rings. The van der Waals surface area contributed by atoms with Gasteiger partial charge in [-0.1, -0.05) is 0 Å². The first-order valence-corrected chi connectivity index (χ1v) is 7.24. The molecule has 0 spiro atoms. The van der Waals surface area contributed by atoms with Crippen LogP contribution < -0.4 is 5.32 Å². The van der Waals surface area contributed by atoms with Gasteiger partial charge in [0.2, 0.25) is 5.91 Å². The molecule has 2 aliphatic rings. The molecule has 0 radical (unpaired) electrons. The van der Waals surface area contributed by atoms with Crippen LogP contribution in [0.15, 0.2) is 0 Å². The lowest BCUT2D eigenvalue weighted by Gasteiger charge is -2.43. The van der Waals surface area contributed by atoms with E-state index in [1.807, 2.05) is 6.92 Å². The first-order valence-electron chi connectivity index (χ1n) is 7.24. The van der Waals surface area contributed by atoms with Gasteiger partial charge >= 0.3 is 5.97 Å². The molecule has 0 aromatic heterocycles. The first-order chi connectivity index (χ1) is 9.56. The number of methoxy groups -OCH3 is 1. The summed E-state index contributed by atoms with van der Waals surface area (Å²) in [5.74, 6) is -1.40. The predicted octanol–water partition coefficient (Wildman–Crippen LogP) is 0.796. The van der Waals surface area contributed by atoms with E-state index in [0.29, 0.717) is 25.9 Å². The number of nitrogens with one attached hydrogen (secondary N) is 1. The van der Waals surface area contributed by atoms with Crippen molar-refractivity contribution >= 4 is 11.9 Å². The lowest BCUT2D eigenvalue weighted by molar-refractivity contribution is -0.145.